The molecule has 212 valence electrons. The molecule has 0 aromatic heterocycles. The molecule has 2 amide bonds. The number of fused-ring (bicyclic) bond motifs is 1. The quantitative estimate of drug-likeness (QED) is 0.120. The van der Waals surface area contributed by atoms with Crippen molar-refractivity contribution in [1.82, 2.24) is 4.90 Å². The van der Waals surface area contributed by atoms with Crippen LogP contribution in [0.2, 0.25) is 0 Å². The summed E-state index contributed by atoms with van der Waals surface area (Å²) in [6.07, 6.45) is 1.20. The number of amides is 2. The highest BCUT2D eigenvalue weighted by atomic mass is 16.7. The Morgan fingerprint density at radius 3 is 2.05 bits per heavy atom. The molecule has 1 fully saturated rings. The maximum Gasteiger partial charge on any atom is 0.303 e. The molecule has 0 N–H and O–H groups in total. The second kappa shape index (κ2) is 14.0. The minimum Gasteiger partial charge on any atom is -0.463 e. The smallest absolute Gasteiger partial charge is 0.303 e. The van der Waals surface area contributed by atoms with Gasteiger partial charge in [0.2, 0.25) is 0 Å². The highest BCUT2D eigenvalue weighted by molar-refractivity contribution is 6.21. The first-order chi connectivity index (χ1) is 18.6. The Hall–Kier alpha value is -3.57. The predicted octanol–water partition coefficient (Wildman–Crippen LogP) is 2.96. The Bertz CT molecular complexity index is 1050. The maximum absolute atomic E-state index is 13.5. The molecule has 3 rings (SSSR count). The Morgan fingerprint density at radius 2 is 1.49 bits per heavy atom. The van der Waals surface area contributed by atoms with E-state index in [2.05, 4.69) is 6.58 Å². The van der Waals surface area contributed by atoms with Gasteiger partial charge in [-0.25, -0.2) is 0 Å². The highest BCUT2D eigenvalue weighted by Crippen LogP contribution is 2.35. The molecule has 39 heavy (non-hydrogen) atoms. The topological polar surface area (TPSA) is 135 Å². The van der Waals surface area contributed by atoms with Crippen LogP contribution in [0, 0.1) is 0 Å². The van der Waals surface area contributed by atoms with Crippen LogP contribution >= 0.6 is 0 Å². The first-order valence-corrected chi connectivity index (χ1v) is 13.0. The normalized spacial score (nSPS) is 24.2. The summed E-state index contributed by atoms with van der Waals surface area (Å²) >= 11 is 0. The largest absolute Gasteiger partial charge is 0.463 e. The van der Waals surface area contributed by atoms with Crippen LogP contribution in [0.1, 0.15) is 73.6 Å². The van der Waals surface area contributed by atoms with Gasteiger partial charge in [-0.15, -0.1) is 6.58 Å². The molecule has 2 heterocycles. The summed E-state index contributed by atoms with van der Waals surface area (Å²) in [5.41, 5.74) is 0.354. The number of imide groups is 1. The van der Waals surface area contributed by atoms with E-state index in [-0.39, 0.29) is 24.3 Å². The molecule has 2 aliphatic rings. The van der Waals surface area contributed by atoms with Gasteiger partial charge in [0.05, 0.1) is 11.1 Å². The van der Waals surface area contributed by atoms with Crippen molar-refractivity contribution in [1.29, 1.82) is 0 Å². The number of allylic oxidation sites excluding steroid dienone is 1. The van der Waals surface area contributed by atoms with Crippen LogP contribution < -0.4 is 0 Å². The van der Waals surface area contributed by atoms with Crippen molar-refractivity contribution < 1.29 is 47.7 Å². The number of rotatable bonds is 13. The fourth-order valence-corrected chi connectivity index (χ4v) is 4.72. The third-order valence-electron chi connectivity index (χ3n) is 6.38. The average Bonchev–Trinajstić information content (AvgIpc) is 3.13. The monoisotopic (exact) mass is 545 g/mol. The van der Waals surface area contributed by atoms with Crippen molar-refractivity contribution >= 4 is 29.7 Å². The number of ether oxygens (including phenoxy) is 5. The van der Waals surface area contributed by atoms with Gasteiger partial charge in [-0.05, 0) is 31.4 Å². The standard InChI is InChI=1S/C28H35NO10/c1-5-6-7-8-9-12-15-35-28-23(29-26(33)20-13-10-11-14-21(20)27(29)34)25(38-19(4)32)24(37-18(3)31)22(39-28)16-36-17(2)30/h5,10-11,13-14,22-25,28H,1,6-9,12,15-16H2,2-4H3/t22-,23-,24-,25-,28-/m1/s1. The van der Waals surface area contributed by atoms with Gasteiger partial charge in [0.1, 0.15) is 18.8 Å². The minimum atomic E-state index is -1.36. The number of unbranched alkanes of at least 4 members (excludes halogenated alkanes) is 4. The van der Waals surface area contributed by atoms with Gasteiger partial charge in [-0.1, -0.05) is 31.1 Å². The fourth-order valence-electron chi connectivity index (χ4n) is 4.72. The summed E-state index contributed by atoms with van der Waals surface area (Å²) in [6, 6.07) is 5.01. The van der Waals surface area contributed by atoms with Crippen LogP contribution in [-0.2, 0) is 38.1 Å². The molecule has 0 unspecified atom stereocenters. The Labute approximate surface area is 227 Å². The van der Waals surface area contributed by atoms with E-state index in [1.807, 2.05) is 6.08 Å². The van der Waals surface area contributed by atoms with Crippen LogP contribution in [0.25, 0.3) is 0 Å². The molecule has 2 aliphatic heterocycles. The zero-order chi connectivity index (χ0) is 28.5. The second-order valence-corrected chi connectivity index (χ2v) is 9.37. The van der Waals surface area contributed by atoms with Crippen LogP contribution in [-0.4, -0.2) is 78.5 Å². The molecule has 0 spiro atoms. The first-order valence-electron chi connectivity index (χ1n) is 13.0. The molecular formula is C28H35NO10. The molecule has 5 atom stereocenters. The highest BCUT2D eigenvalue weighted by Gasteiger charge is 2.57. The third-order valence-corrected chi connectivity index (χ3v) is 6.38. The molecule has 11 nitrogen and oxygen atoms in total. The molecule has 0 radical (unpaired) electrons. The zero-order valence-electron chi connectivity index (χ0n) is 22.5. The van der Waals surface area contributed by atoms with Crippen molar-refractivity contribution in [3.05, 3.63) is 48.0 Å². The Kier molecular flexibility index (Phi) is 10.8. The number of carbonyl (C=O) groups excluding carboxylic acids is 5. The number of carbonyl (C=O) groups is 5. The van der Waals surface area contributed by atoms with E-state index in [0.717, 1.165) is 44.4 Å². The molecular weight excluding hydrogens is 510 g/mol. The molecule has 11 heteroatoms. The fraction of sp³-hybridized carbons (Fsp3) is 0.536. The van der Waals surface area contributed by atoms with E-state index in [1.165, 1.54) is 19.1 Å². The SMILES string of the molecule is C=CCCCCCCO[C@@H]1O[C@H](COC(C)=O)[C@@H](OC(C)=O)[C@H](OC(C)=O)[C@H]1N1C(=O)c2ccccc2C1=O. The zero-order valence-corrected chi connectivity index (χ0v) is 22.5. The van der Waals surface area contributed by atoms with Crippen molar-refractivity contribution in [2.45, 2.75) is 83.5 Å². The molecule has 1 saturated heterocycles. The lowest BCUT2D eigenvalue weighted by Gasteiger charge is -2.47. The summed E-state index contributed by atoms with van der Waals surface area (Å²) in [7, 11) is 0. The predicted molar refractivity (Wildman–Crippen MR) is 136 cm³/mol. The summed E-state index contributed by atoms with van der Waals surface area (Å²) in [5, 5.41) is 0. The minimum absolute atomic E-state index is 0.177. The Balaban J connectivity index is 1.96. The lowest BCUT2D eigenvalue weighted by Crippen LogP contribution is -2.67. The molecule has 0 aliphatic carbocycles. The second-order valence-electron chi connectivity index (χ2n) is 9.37. The average molecular weight is 546 g/mol. The third kappa shape index (κ3) is 7.51. The molecule has 0 saturated carbocycles. The maximum atomic E-state index is 13.5. The van der Waals surface area contributed by atoms with Crippen molar-refractivity contribution in [2.24, 2.45) is 0 Å². The first kappa shape index (κ1) is 30.0. The number of benzene rings is 1. The van der Waals surface area contributed by atoms with Gasteiger partial charge in [-0.2, -0.15) is 0 Å². The van der Waals surface area contributed by atoms with Gasteiger partial charge < -0.3 is 23.7 Å². The van der Waals surface area contributed by atoms with Crippen molar-refractivity contribution in [3.8, 4) is 0 Å². The summed E-state index contributed by atoms with van der Waals surface area (Å²) in [6.45, 7) is 7.09. The van der Waals surface area contributed by atoms with Gasteiger partial charge in [0.15, 0.2) is 18.5 Å². The molecule has 0 bridgehead atoms. The van der Waals surface area contributed by atoms with Gasteiger partial charge >= 0.3 is 17.9 Å². The van der Waals surface area contributed by atoms with E-state index in [4.69, 9.17) is 23.7 Å². The van der Waals surface area contributed by atoms with E-state index < -0.39 is 60.4 Å². The van der Waals surface area contributed by atoms with Crippen LogP contribution in [0.15, 0.2) is 36.9 Å². The summed E-state index contributed by atoms with van der Waals surface area (Å²) in [5.74, 6) is -3.33. The van der Waals surface area contributed by atoms with Crippen LogP contribution in [0.3, 0.4) is 0 Å². The van der Waals surface area contributed by atoms with Gasteiger partial charge in [-0.3, -0.25) is 28.9 Å². The lowest BCUT2D eigenvalue weighted by molar-refractivity contribution is -0.286. The van der Waals surface area contributed by atoms with Crippen LogP contribution in [0.4, 0.5) is 0 Å². The summed E-state index contributed by atoms with van der Waals surface area (Å²) < 4.78 is 28.3. The summed E-state index contributed by atoms with van der Waals surface area (Å²) in [4.78, 5) is 63.7. The van der Waals surface area contributed by atoms with E-state index in [1.54, 1.807) is 12.1 Å². The van der Waals surface area contributed by atoms with Crippen LogP contribution in [0.5, 0.6) is 0 Å². The number of hydrogen-bond donors (Lipinski definition) is 0. The van der Waals surface area contributed by atoms with E-state index >= 15 is 0 Å². The van der Waals surface area contributed by atoms with Gasteiger partial charge in [0.25, 0.3) is 11.8 Å². The van der Waals surface area contributed by atoms with Crippen molar-refractivity contribution in [2.75, 3.05) is 13.2 Å². The van der Waals surface area contributed by atoms with Crippen molar-refractivity contribution in [3.63, 3.8) is 0 Å². The number of hydrogen-bond acceptors (Lipinski definition) is 10. The lowest BCUT2D eigenvalue weighted by atomic mass is 9.94. The number of nitrogens with zero attached hydrogens (tertiary/aromatic N) is 1. The van der Waals surface area contributed by atoms with E-state index in [9.17, 15) is 24.0 Å². The van der Waals surface area contributed by atoms with E-state index in [0.29, 0.717) is 6.42 Å². The van der Waals surface area contributed by atoms with Gasteiger partial charge in [0, 0.05) is 27.4 Å². The number of esters is 3. The molecule has 1 aromatic rings. The Morgan fingerprint density at radius 1 is 0.897 bits per heavy atom. The molecule has 1 aromatic carbocycles.